The molecule has 2 amide bonds. The summed E-state index contributed by atoms with van der Waals surface area (Å²) in [6.07, 6.45) is 0.556. The molecule has 7 heteroatoms. The highest BCUT2D eigenvalue weighted by Gasteiger charge is 2.22. The van der Waals surface area contributed by atoms with Gasteiger partial charge in [-0.2, -0.15) is 4.89 Å². The van der Waals surface area contributed by atoms with Crippen molar-refractivity contribution in [2.45, 2.75) is 25.0 Å². The molecule has 7 nitrogen and oxygen atoms in total. The minimum absolute atomic E-state index is 0.0957. The summed E-state index contributed by atoms with van der Waals surface area (Å²) in [6, 6.07) is 18.7. The van der Waals surface area contributed by atoms with Gasteiger partial charge in [-0.05, 0) is 17.5 Å². The maximum atomic E-state index is 12.6. The smallest absolute Gasteiger partial charge is 0.250 e. The molecule has 3 N–H and O–H groups in total. The van der Waals surface area contributed by atoms with Gasteiger partial charge in [-0.25, -0.2) is 0 Å². The fourth-order valence-corrected chi connectivity index (χ4v) is 2.97. The molecular weight excluding hydrogens is 372 g/mol. The van der Waals surface area contributed by atoms with Crippen molar-refractivity contribution in [1.82, 2.24) is 10.6 Å². The SMILES string of the molecule is O=C(NCCC(O)C(=O)NC(c1ccccc1)c1ccccc1)C1=COOCC1. The molecule has 1 unspecified atom stereocenters. The van der Waals surface area contributed by atoms with Crippen LogP contribution in [-0.4, -0.2) is 36.2 Å². The van der Waals surface area contributed by atoms with Gasteiger partial charge >= 0.3 is 0 Å². The summed E-state index contributed by atoms with van der Waals surface area (Å²) < 4.78 is 0. The topological polar surface area (TPSA) is 96.9 Å². The number of hydrogen-bond acceptors (Lipinski definition) is 5. The molecule has 0 bridgehead atoms. The third-order valence-corrected chi connectivity index (χ3v) is 4.56. The Bertz CT molecular complexity index is 799. The maximum Gasteiger partial charge on any atom is 0.250 e. The number of carbonyl (C=O) groups is 2. The fourth-order valence-electron chi connectivity index (χ4n) is 2.97. The molecule has 3 rings (SSSR count). The number of hydrogen-bond donors (Lipinski definition) is 3. The molecule has 1 atom stereocenters. The first-order valence-electron chi connectivity index (χ1n) is 9.49. The summed E-state index contributed by atoms with van der Waals surface area (Å²) in [4.78, 5) is 33.9. The van der Waals surface area contributed by atoms with Gasteiger partial charge in [0.2, 0.25) is 5.91 Å². The van der Waals surface area contributed by atoms with Crippen LogP contribution in [0, 0.1) is 0 Å². The molecule has 0 saturated carbocycles. The standard InChI is InChI=1S/C22H24N2O5/c25-19(11-13-23-21(26)18-12-14-28-29-15-18)22(27)24-20(16-7-3-1-4-8-16)17-9-5-2-6-10-17/h1-10,15,19-20,25H,11-14H2,(H,23,26)(H,24,27). The maximum absolute atomic E-state index is 12.6. The molecule has 2 aromatic carbocycles. The van der Waals surface area contributed by atoms with Crippen molar-refractivity contribution in [3.05, 3.63) is 83.6 Å². The summed E-state index contributed by atoms with van der Waals surface area (Å²) in [5, 5.41) is 15.8. The van der Waals surface area contributed by atoms with E-state index in [9.17, 15) is 14.7 Å². The lowest BCUT2D eigenvalue weighted by molar-refractivity contribution is -0.256. The van der Waals surface area contributed by atoms with Crippen molar-refractivity contribution in [3.63, 3.8) is 0 Å². The number of rotatable bonds is 8. The van der Waals surface area contributed by atoms with Crippen LogP contribution in [0.3, 0.4) is 0 Å². The first-order valence-corrected chi connectivity index (χ1v) is 9.49. The van der Waals surface area contributed by atoms with Crippen LogP contribution in [0.2, 0.25) is 0 Å². The van der Waals surface area contributed by atoms with Crippen molar-refractivity contribution in [2.75, 3.05) is 13.2 Å². The van der Waals surface area contributed by atoms with Crippen molar-refractivity contribution < 1.29 is 24.5 Å². The summed E-state index contributed by atoms with van der Waals surface area (Å²) in [7, 11) is 0. The Balaban J connectivity index is 1.56. The summed E-state index contributed by atoms with van der Waals surface area (Å²) in [5.41, 5.74) is 2.29. The van der Waals surface area contributed by atoms with E-state index in [-0.39, 0.29) is 24.9 Å². The molecule has 29 heavy (non-hydrogen) atoms. The number of aliphatic hydroxyl groups excluding tert-OH is 1. The summed E-state index contributed by atoms with van der Waals surface area (Å²) in [6.45, 7) is 0.470. The first-order chi connectivity index (χ1) is 14.1. The van der Waals surface area contributed by atoms with E-state index >= 15 is 0 Å². The van der Waals surface area contributed by atoms with Crippen LogP contribution in [-0.2, 0) is 19.4 Å². The normalized spacial score (nSPS) is 14.5. The molecule has 1 aliphatic rings. The van der Waals surface area contributed by atoms with E-state index in [4.69, 9.17) is 0 Å². The highest BCUT2D eigenvalue weighted by molar-refractivity contribution is 5.93. The van der Waals surface area contributed by atoms with Crippen LogP contribution in [0.15, 0.2) is 72.5 Å². The second-order valence-electron chi connectivity index (χ2n) is 6.63. The second kappa shape index (κ2) is 10.4. The molecule has 1 aliphatic heterocycles. The molecule has 0 aromatic heterocycles. The lowest BCUT2D eigenvalue weighted by Gasteiger charge is -2.22. The Kier molecular flexibility index (Phi) is 7.38. The third-order valence-electron chi connectivity index (χ3n) is 4.56. The number of amides is 2. The van der Waals surface area contributed by atoms with Crippen LogP contribution in [0.25, 0.3) is 0 Å². The van der Waals surface area contributed by atoms with Crippen LogP contribution >= 0.6 is 0 Å². The van der Waals surface area contributed by atoms with Crippen LogP contribution in [0.4, 0.5) is 0 Å². The van der Waals surface area contributed by atoms with E-state index in [2.05, 4.69) is 20.4 Å². The van der Waals surface area contributed by atoms with Crippen LogP contribution in [0.1, 0.15) is 30.0 Å². The summed E-state index contributed by atoms with van der Waals surface area (Å²) >= 11 is 0. The zero-order valence-corrected chi connectivity index (χ0v) is 15.9. The lowest BCUT2D eigenvalue weighted by Crippen LogP contribution is -2.39. The van der Waals surface area contributed by atoms with E-state index in [1.165, 1.54) is 6.26 Å². The Morgan fingerprint density at radius 2 is 1.62 bits per heavy atom. The van der Waals surface area contributed by atoms with Gasteiger partial charge in [0.05, 0.1) is 18.2 Å². The molecule has 152 valence electrons. The highest BCUT2D eigenvalue weighted by Crippen LogP contribution is 2.22. The number of nitrogens with one attached hydrogen (secondary N) is 2. The molecule has 0 fully saturated rings. The number of carbonyl (C=O) groups excluding carboxylic acids is 2. The zero-order chi connectivity index (χ0) is 20.5. The van der Waals surface area contributed by atoms with E-state index in [0.29, 0.717) is 18.6 Å². The van der Waals surface area contributed by atoms with Crippen LogP contribution in [0.5, 0.6) is 0 Å². The molecule has 1 heterocycles. The predicted molar refractivity (Wildman–Crippen MR) is 106 cm³/mol. The molecule has 0 saturated heterocycles. The fraction of sp³-hybridized carbons (Fsp3) is 0.273. The van der Waals surface area contributed by atoms with E-state index in [1.807, 2.05) is 60.7 Å². The molecule has 0 aliphatic carbocycles. The molecule has 0 radical (unpaired) electrons. The first kappa shape index (κ1) is 20.6. The van der Waals surface area contributed by atoms with Crippen molar-refractivity contribution in [2.24, 2.45) is 0 Å². The average Bonchev–Trinajstić information content (AvgIpc) is 2.79. The predicted octanol–water partition coefficient (Wildman–Crippen LogP) is 2.00. The van der Waals surface area contributed by atoms with Gasteiger partial charge in [0.1, 0.15) is 12.4 Å². The Labute approximate surface area is 169 Å². The zero-order valence-electron chi connectivity index (χ0n) is 15.9. The van der Waals surface area contributed by atoms with Crippen molar-refractivity contribution in [3.8, 4) is 0 Å². The largest absolute Gasteiger partial charge is 0.383 e. The number of benzene rings is 2. The Morgan fingerprint density at radius 3 is 2.17 bits per heavy atom. The van der Waals surface area contributed by atoms with E-state index in [0.717, 1.165) is 11.1 Å². The Morgan fingerprint density at radius 1 is 1.00 bits per heavy atom. The third kappa shape index (κ3) is 5.91. The quantitative estimate of drug-likeness (QED) is 0.593. The van der Waals surface area contributed by atoms with Crippen LogP contribution < -0.4 is 10.6 Å². The average molecular weight is 396 g/mol. The van der Waals surface area contributed by atoms with Gasteiger partial charge in [0.15, 0.2) is 0 Å². The lowest BCUT2D eigenvalue weighted by atomic mass is 9.98. The van der Waals surface area contributed by atoms with Gasteiger partial charge in [0.25, 0.3) is 5.91 Å². The van der Waals surface area contributed by atoms with Crippen molar-refractivity contribution in [1.29, 1.82) is 0 Å². The molecular formula is C22H24N2O5. The van der Waals surface area contributed by atoms with Crippen molar-refractivity contribution >= 4 is 11.8 Å². The Hall–Kier alpha value is -3.16. The number of aliphatic hydroxyl groups is 1. The van der Waals surface area contributed by atoms with Gasteiger partial charge in [-0.15, -0.1) is 0 Å². The minimum Gasteiger partial charge on any atom is -0.383 e. The minimum atomic E-state index is -1.25. The van der Waals surface area contributed by atoms with Gasteiger partial charge < -0.3 is 20.6 Å². The van der Waals surface area contributed by atoms with Gasteiger partial charge in [0, 0.05) is 13.0 Å². The van der Waals surface area contributed by atoms with Gasteiger partial charge in [-0.3, -0.25) is 9.59 Å². The second-order valence-corrected chi connectivity index (χ2v) is 6.63. The summed E-state index contributed by atoms with van der Waals surface area (Å²) in [5.74, 6) is -0.794. The monoisotopic (exact) mass is 396 g/mol. The van der Waals surface area contributed by atoms with E-state index in [1.54, 1.807) is 0 Å². The highest BCUT2D eigenvalue weighted by atomic mass is 17.2. The van der Waals surface area contributed by atoms with E-state index < -0.39 is 12.0 Å². The molecule has 2 aromatic rings. The van der Waals surface area contributed by atoms with Gasteiger partial charge in [-0.1, -0.05) is 60.7 Å². The molecule has 0 spiro atoms.